The molecule has 0 radical (unpaired) electrons. The molecule has 0 amide bonds. The Morgan fingerprint density at radius 2 is 0.981 bits per heavy atom. The summed E-state index contributed by atoms with van der Waals surface area (Å²) in [6.45, 7) is 0. The van der Waals surface area contributed by atoms with Crippen LogP contribution in [0.5, 0.6) is 0 Å². The van der Waals surface area contributed by atoms with E-state index in [1.54, 1.807) is 0 Å². The summed E-state index contributed by atoms with van der Waals surface area (Å²) < 4.78 is 6.60. The number of furan rings is 1. The van der Waals surface area contributed by atoms with Crippen molar-refractivity contribution in [3.05, 3.63) is 182 Å². The van der Waals surface area contributed by atoms with Gasteiger partial charge in [-0.3, -0.25) is 4.98 Å². The van der Waals surface area contributed by atoms with E-state index in [9.17, 15) is 0 Å². The Bertz CT molecular complexity index is 3220. The third kappa shape index (κ3) is 4.75. The van der Waals surface area contributed by atoms with Gasteiger partial charge in [0.2, 0.25) is 0 Å². The van der Waals surface area contributed by atoms with Crippen LogP contribution in [-0.4, -0.2) is 9.97 Å². The van der Waals surface area contributed by atoms with Crippen molar-refractivity contribution < 1.29 is 4.42 Å². The lowest BCUT2D eigenvalue weighted by molar-refractivity contribution is 0.670. The minimum absolute atomic E-state index is 0.825. The molecule has 0 aliphatic heterocycles. The van der Waals surface area contributed by atoms with Gasteiger partial charge in [0.15, 0.2) is 0 Å². The van der Waals surface area contributed by atoms with Crippen LogP contribution >= 0.6 is 0 Å². The number of nitrogens with zero attached hydrogens (tertiary/aromatic N) is 2. The van der Waals surface area contributed by atoms with Crippen LogP contribution in [0, 0.1) is 0 Å². The molecule has 0 spiro atoms. The summed E-state index contributed by atoms with van der Waals surface area (Å²) >= 11 is 0. The summed E-state index contributed by atoms with van der Waals surface area (Å²) in [6.07, 6.45) is 1.93. The fourth-order valence-electron chi connectivity index (χ4n) is 8.12. The van der Waals surface area contributed by atoms with E-state index in [4.69, 9.17) is 14.4 Å². The van der Waals surface area contributed by atoms with Gasteiger partial charge >= 0.3 is 0 Å². The molecule has 0 atom stereocenters. The molecule has 2 aromatic heterocycles. The van der Waals surface area contributed by atoms with E-state index in [2.05, 4.69) is 170 Å². The van der Waals surface area contributed by atoms with Gasteiger partial charge in [-0.25, -0.2) is 4.98 Å². The number of hydrogen-bond acceptors (Lipinski definition) is 3. The molecule has 3 nitrogen and oxygen atoms in total. The zero-order valence-electron chi connectivity index (χ0n) is 28.6. The number of hydrogen-bond donors (Lipinski definition) is 0. The predicted octanol–water partition coefficient (Wildman–Crippen LogP) is 13.7. The largest absolute Gasteiger partial charge is 0.455 e. The summed E-state index contributed by atoms with van der Waals surface area (Å²) in [6, 6.07) is 62.3. The van der Waals surface area contributed by atoms with Crippen molar-refractivity contribution in [2.75, 3.05) is 0 Å². The molecule has 11 rings (SSSR count). The summed E-state index contributed by atoms with van der Waals surface area (Å²) in [7, 11) is 0. The first-order valence-corrected chi connectivity index (χ1v) is 18.0. The van der Waals surface area contributed by atoms with Crippen LogP contribution in [0.1, 0.15) is 0 Å². The van der Waals surface area contributed by atoms with E-state index in [1.165, 1.54) is 27.3 Å². The molecule has 0 saturated carbocycles. The van der Waals surface area contributed by atoms with Gasteiger partial charge in [-0.1, -0.05) is 146 Å². The minimum Gasteiger partial charge on any atom is -0.455 e. The summed E-state index contributed by atoms with van der Waals surface area (Å²) in [5, 5.41) is 9.16. The van der Waals surface area contributed by atoms with Gasteiger partial charge in [-0.05, 0) is 79.7 Å². The molecule has 0 saturated heterocycles. The smallest absolute Gasteiger partial charge is 0.143 e. The average molecular weight is 675 g/mol. The van der Waals surface area contributed by atoms with Gasteiger partial charge in [-0.15, -0.1) is 0 Å². The molecule has 11 aromatic rings. The fraction of sp³-hybridized carbons (Fsp3) is 0. The molecule has 0 unspecified atom stereocenters. The number of aromatic nitrogens is 2. The third-order valence-electron chi connectivity index (χ3n) is 10.7. The van der Waals surface area contributed by atoms with E-state index in [0.717, 1.165) is 82.6 Å². The van der Waals surface area contributed by atoms with E-state index in [1.807, 2.05) is 12.3 Å². The van der Waals surface area contributed by atoms with Gasteiger partial charge in [-0.2, -0.15) is 0 Å². The van der Waals surface area contributed by atoms with Crippen LogP contribution in [0.4, 0.5) is 0 Å². The van der Waals surface area contributed by atoms with Gasteiger partial charge < -0.3 is 4.42 Å². The zero-order valence-corrected chi connectivity index (χ0v) is 28.6. The Balaban J connectivity index is 1.14. The molecule has 3 heteroatoms. The highest BCUT2D eigenvalue weighted by Crippen LogP contribution is 2.42. The number of para-hydroxylation sites is 1. The molecule has 0 N–H and O–H groups in total. The molecule has 9 aromatic carbocycles. The Kier molecular flexibility index (Phi) is 6.55. The van der Waals surface area contributed by atoms with Crippen molar-refractivity contribution in [1.29, 1.82) is 0 Å². The molecule has 0 aliphatic rings. The molecule has 2 heterocycles. The first-order chi connectivity index (χ1) is 26.3. The van der Waals surface area contributed by atoms with Crippen molar-refractivity contribution in [3.63, 3.8) is 0 Å². The van der Waals surface area contributed by atoms with Gasteiger partial charge in [0, 0.05) is 32.7 Å². The topological polar surface area (TPSA) is 38.9 Å². The number of benzene rings is 9. The molecule has 0 fully saturated rings. The second kappa shape index (κ2) is 11.7. The van der Waals surface area contributed by atoms with Crippen molar-refractivity contribution in [2.45, 2.75) is 0 Å². The molecule has 53 heavy (non-hydrogen) atoms. The Morgan fingerprint density at radius 1 is 0.377 bits per heavy atom. The van der Waals surface area contributed by atoms with Gasteiger partial charge in [0.05, 0.1) is 22.9 Å². The SMILES string of the molecule is c1ccc(-c2ccc3c4ccc(-c5ccccc5)cc4c4nc(-c5cccc(-c6cc7ccccc7c7c6oc6ccccc67)c5)cnc4c3c2)cc1. The third-order valence-corrected chi connectivity index (χ3v) is 10.7. The second-order valence-electron chi connectivity index (χ2n) is 13.7. The molecule has 0 bridgehead atoms. The summed E-state index contributed by atoms with van der Waals surface area (Å²) in [5.74, 6) is 0. The quantitative estimate of drug-likeness (QED) is 0.174. The maximum Gasteiger partial charge on any atom is 0.143 e. The standard InChI is InChI=1S/C50H30N2O/c1-3-12-31(13-4-1)33-22-24-39-40-25-23-34(32-14-5-2-6-15-32)28-44(40)49-48(43(39)27-33)51-30-45(52-49)37-18-11-17-35(26-37)42-29-36-16-7-8-19-38(36)47-41-20-9-10-21-46(41)53-50(42)47/h1-30H. The summed E-state index contributed by atoms with van der Waals surface area (Å²) in [4.78, 5) is 10.7. The number of fused-ring (bicyclic) bond motifs is 11. The van der Waals surface area contributed by atoms with E-state index in [0.29, 0.717) is 0 Å². The monoisotopic (exact) mass is 674 g/mol. The molecule has 0 aliphatic carbocycles. The maximum atomic E-state index is 6.60. The van der Waals surface area contributed by atoms with Gasteiger partial charge in [0.1, 0.15) is 11.2 Å². The average Bonchev–Trinajstić information content (AvgIpc) is 3.64. The number of rotatable bonds is 4. The highest BCUT2D eigenvalue weighted by atomic mass is 16.3. The molecular formula is C50H30N2O. The van der Waals surface area contributed by atoms with Crippen molar-refractivity contribution in [2.24, 2.45) is 0 Å². The lowest BCUT2D eigenvalue weighted by Gasteiger charge is -2.14. The second-order valence-corrected chi connectivity index (χ2v) is 13.7. The van der Waals surface area contributed by atoms with E-state index in [-0.39, 0.29) is 0 Å². The van der Waals surface area contributed by atoms with Crippen LogP contribution in [0.25, 0.3) is 110 Å². The van der Waals surface area contributed by atoms with Crippen LogP contribution in [0.15, 0.2) is 187 Å². The van der Waals surface area contributed by atoms with Crippen molar-refractivity contribution in [1.82, 2.24) is 9.97 Å². The highest BCUT2D eigenvalue weighted by Gasteiger charge is 2.18. The first-order valence-electron chi connectivity index (χ1n) is 18.0. The lowest BCUT2D eigenvalue weighted by atomic mass is 9.93. The van der Waals surface area contributed by atoms with E-state index >= 15 is 0 Å². The van der Waals surface area contributed by atoms with Crippen molar-refractivity contribution in [3.8, 4) is 44.6 Å². The minimum atomic E-state index is 0.825. The fourth-order valence-corrected chi connectivity index (χ4v) is 8.12. The Morgan fingerprint density at radius 3 is 1.72 bits per heavy atom. The zero-order chi connectivity index (χ0) is 34.9. The molecule has 246 valence electrons. The lowest BCUT2D eigenvalue weighted by Crippen LogP contribution is -1.94. The molecular weight excluding hydrogens is 645 g/mol. The Hall–Kier alpha value is -7.10. The van der Waals surface area contributed by atoms with Crippen molar-refractivity contribution >= 4 is 65.3 Å². The van der Waals surface area contributed by atoms with Crippen LogP contribution < -0.4 is 0 Å². The van der Waals surface area contributed by atoms with Crippen LogP contribution in [0.2, 0.25) is 0 Å². The predicted molar refractivity (Wildman–Crippen MR) is 221 cm³/mol. The van der Waals surface area contributed by atoms with Crippen LogP contribution in [-0.2, 0) is 0 Å². The van der Waals surface area contributed by atoms with Gasteiger partial charge in [0.25, 0.3) is 0 Å². The highest BCUT2D eigenvalue weighted by molar-refractivity contribution is 6.25. The first kappa shape index (κ1) is 29.6. The normalized spacial score (nSPS) is 11.8. The Labute approximate surface area is 305 Å². The maximum absolute atomic E-state index is 6.60. The summed E-state index contributed by atoms with van der Waals surface area (Å²) in [5.41, 5.74) is 12.2. The van der Waals surface area contributed by atoms with Crippen LogP contribution in [0.3, 0.4) is 0 Å². The van der Waals surface area contributed by atoms with E-state index < -0.39 is 0 Å².